The van der Waals surface area contributed by atoms with E-state index in [9.17, 15) is 14.9 Å². The molecule has 16 heavy (non-hydrogen) atoms. The number of hydrogen-bond donors (Lipinski definition) is 1. The van der Waals surface area contributed by atoms with Gasteiger partial charge in [0.1, 0.15) is 12.3 Å². The van der Waals surface area contributed by atoms with E-state index in [1.54, 1.807) is 0 Å². The average Bonchev–Trinajstić information content (AvgIpc) is 2.17. The summed E-state index contributed by atoms with van der Waals surface area (Å²) in [5.74, 6) is -0.479. The summed E-state index contributed by atoms with van der Waals surface area (Å²) in [5.41, 5.74) is -0.159. The van der Waals surface area contributed by atoms with Crippen LogP contribution in [-0.2, 0) is 9.53 Å². The van der Waals surface area contributed by atoms with Gasteiger partial charge in [-0.15, -0.1) is 0 Å². The maximum atomic E-state index is 11.2. The van der Waals surface area contributed by atoms with Crippen molar-refractivity contribution < 1.29 is 14.5 Å². The first-order valence-corrected chi connectivity index (χ1v) is 4.65. The Morgan fingerprint density at radius 1 is 1.62 bits per heavy atom. The number of benzene rings is 1. The first-order chi connectivity index (χ1) is 7.54. The fourth-order valence-corrected chi connectivity index (χ4v) is 1.26. The molecule has 0 unspecified atom stereocenters. The third-order valence-electron chi connectivity index (χ3n) is 1.70. The zero-order valence-electron chi connectivity index (χ0n) is 8.40. The van der Waals surface area contributed by atoms with E-state index in [4.69, 9.17) is 11.6 Å². The normalized spacial score (nSPS) is 9.88. The lowest BCUT2D eigenvalue weighted by Crippen LogP contribution is -2.17. The van der Waals surface area contributed by atoms with Gasteiger partial charge in [-0.3, -0.25) is 14.9 Å². The van der Waals surface area contributed by atoms with Crippen LogP contribution in [0.5, 0.6) is 0 Å². The first kappa shape index (κ1) is 12.4. The lowest BCUT2D eigenvalue weighted by molar-refractivity contribution is -0.383. The molecule has 1 N–H and O–H groups in total. The van der Waals surface area contributed by atoms with Crippen LogP contribution in [0.3, 0.4) is 0 Å². The fraction of sp³-hybridized carbons (Fsp3) is 0.222. The molecule has 0 fully saturated rings. The van der Waals surface area contributed by atoms with Crippen molar-refractivity contribution in [2.75, 3.05) is 19.0 Å². The smallest absolute Gasteiger partial charge is 0.292 e. The summed E-state index contributed by atoms with van der Waals surface area (Å²) in [4.78, 5) is 21.3. The van der Waals surface area contributed by atoms with Gasteiger partial charge in [0.25, 0.3) is 11.6 Å². The van der Waals surface area contributed by atoms with Gasteiger partial charge in [-0.05, 0) is 12.1 Å². The molecular formula is C9H9ClN2O4. The largest absolute Gasteiger partial charge is 0.375 e. The second-order valence-corrected chi connectivity index (χ2v) is 3.34. The highest BCUT2D eigenvalue weighted by Gasteiger charge is 2.15. The Labute approximate surface area is 96.3 Å². The van der Waals surface area contributed by atoms with Crippen molar-refractivity contribution in [2.24, 2.45) is 0 Å². The van der Waals surface area contributed by atoms with E-state index in [2.05, 4.69) is 10.1 Å². The van der Waals surface area contributed by atoms with Crippen molar-refractivity contribution >= 4 is 28.9 Å². The minimum atomic E-state index is -0.598. The molecule has 0 atom stereocenters. The topological polar surface area (TPSA) is 81.5 Å². The van der Waals surface area contributed by atoms with Gasteiger partial charge in [0.15, 0.2) is 0 Å². The zero-order chi connectivity index (χ0) is 12.1. The molecule has 0 aliphatic heterocycles. The standard InChI is InChI=1S/C9H9ClN2O4/c1-16-5-9(13)11-7-4-6(10)2-3-8(7)12(14)15/h2-4H,5H2,1H3,(H,11,13). The molecule has 0 aliphatic rings. The Bertz CT molecular complexity index is 422. The molecule has 0 aliphatic carbocycles. The quantitative estimate of drug-likeness (QED) is 0.647. The van der Waals surface area contributed by atoms with Crippen LogP contribution in [0.2, 0.25) is 5.02 Å². The number of anilines is 1. The van der Waals surface area contributed by atoms with E-state index in [-0.39, 0.29) is 18.0 Å². The van der Waals surface area contributed by atoms with E-state index in [0.717, 1.165) is 0 Å². The molecule has 0 radical (unpaired) electrons. The van der Waals surface area contributed by atoms with E-state index in [0.29, 0.717) is 5.02 Å². The van der Waals surface area contributed by atoms with Crippen LogP contribution in [0.4, 0.5) is 11.4 Å². The Hall–Kier alpha value is -1.66. The molecule has 0 heterocycles. The number of nitrogens with one attached hydrogen (secondary N) is 1. The fourth-order valence-electron chi connectivity index (χ4n) is 1.08. The summed E-state index contributed by atoms with van der Waals surface area (Å²) >= 11 is 5.68. The molecular weight excluding hydrogens is 236 g/mol. The number of ether oxygens (including phenoxy) is 1. The van der Waals surface area contributed by atoms with Crippen LogP contribution in [0.1, 0.15) is 0 Å². The maximum absolute atomic E-state index is 11.2. The van der Waals surface area contributed by atoms with Gasteiger partial charge in [-0.25, -0.2) is 0 Å². The molecule has 0 bridgehead atoms. The van der Waals surface area contributed by atoms with Crippen molar-refractivity contribution in [1.29, 1.82) is 0 Å². The third kappa shape index (κ3) is 3.18. The van der Waals surface area contributed by atoms with Gasteiger partial charge >= 0.3 is 0 Å². The Balaban J connectivity index is 2.96. The van der Waals surface area contributed by atoms with Crippen molar-refractivity contribution in [2.45, 2.75) is 0 Å². The number of carbonyl (C=O) groups excluding carboxylic acids is 1. The van der Waals surface area contributed by atoms with Crippen LogP contribution >= 0.6 is 11.6 Å². The number of rotatable bonds is 4. The summed E-state index contributed by atoms with van der Waals surface area (Å²) in [6.45, 7) is -0.177. The number of nitrogens with zero attached hydrogens (tertiary/aromatic N) is 1. The number of nitro benzene ring substituents is 1. The number of carbonyl (C=O) groups is 1. The first-order valence-electron chi connectivity index (χ1n) is 4.27. The van der Waals surface area contributed by atoms with Crippen LogP contribution < -0.4 is 5.32 Å². The molecule has 0 spiro atoms. The molecule has 7 heteroatoms. The molecule has 0 saturated carbocycles. The van der Waals surface area contributed by atoms with E-state index >= 15 is 0 Å². The highest BCUT2D eigenvalue weighted by Crippen LogP contribution is 2.27. The molecule has 6 nitrogen and oxygen atoms in total. The summed E-state index contributed by atoms with van der Waals surface area (Å²) in [6.07, 6.45) is 0. The van der Waals surface area contributed by atoms with E-state index in [1.807, 2.05) is 0 Å². The molecule has 0 aromatic heterocycles. The number of methoxy groups -OCH3 is 1. The molecule has 1 rings (SSSR count). The Morgan fingerprint density at radius 3 is 2.88 bits per heavy atom. The number of amides is 1. The SMILES string of the molecule is COCC(=O)Nc1cc(Cl)ccc1[N+](=O)[O-]. The highest BCUT2D eigenvalue weighted by atomic mass is 35.5. The van der Waals surface area contributed by atoms with Crippen molar-refractivity contribution in [3.8, 4) is 0 Å². The van der Waals surface area contributed by atoms with Gasteiger partial charge in [-0.1, -0.05) is 11.6 Å². The van der Waals surface area contributed by atoms with Crippen molar-refractivity contribution in [1.82, 2.24) is 0 Å². The van der Waals surface area contributed by atoms with Crippen molar-refractivity contribution in [3.63, 3.8) is 0 Å². The Kier molecular flexibility index (Phi) is 4.21. The average molecular weight is 245 g/mol. The number of halogens is 1. The van der Waals surface area contributed by atoms with Crippen LogP contribution in [0.15, 0.2) is 18.2 Å². The monoisotopic (exact) mass is 244 g/mol. The molecule has 86 valence electrons. The van der Waals surface area contributed by atoms with Gasteiger partial charge in [0.05, 0.1) is 4.92 Å². The van der Waals surface area contributed by atoms with E-state index < -0.39 is 10.8 Å². The van der Waals surface area contributed by atoms with Crippen molar-refractivity contribution in [3.05, 3.63) is 33.3 Å². The van der Waals surface area contributed by atoms with Crippen LogP contribution in [-0.4, -0.2) is 24.5 Å². The maximum Gasteiger partial charge on any atom is 0.292 e. The van der Waals surface area contributed by atoms with Crippen LogP contribution in [0, 0.1) is 10.1 Å². The summed E-state index contributed by atoms with van der Waals surface area (Å²) in [6, 6.07) is 3.92. The summed E-state index contributed by atoms with van der Waals surface area (Å²) in [7, 11) is 1.35. The second kappa shape index (κ2) is 5.43. The zero-order valence-corrected chi connectivity index (χ0v) is 9.15. The number of nitro groups is 1. The summed E-state index contributed by atoms with van der Waals surface area (Å²) < 4.78 is 4.59. The molecule has 1 aromatic rings. The van der Waals surface area contributed by atoms with Gasteiger partial charge < -0.3 is 10.1 Å². The van der Waals surface area contributed by atoms with Gasteiger partial charge in [0.2, 0.25) is 0 Å². The highest BCUT2D eigenvalue weighted by molar-refractivity contribution is 6.31. The summed E-state index contributed by atoms with van der Waals surface area (Å²) in [5, 5.41) is 13.3. The predicted molar refractivity (Wildman–Crippen MR) is 58.6 cm³/mol. The molecule has 1 aromatic carbocycles. The predicted octanol–water partition coefficient (Wildman–Crippen LogP) is 1.83. The second-order valence-electron chi connectivity index (χ2n) is 2.90. The van der Waals surface area contributed by atoms with Crippen LogP contribution in [0.25, 0.3) is 0 Å². The Morgan fingerprint density at radius 2 is 2.31 bits per heavy atom. The van der Waals surface area contributed by atoms with E-state index in [1.165, 1.54) is 25.3 Å². The van der Waals surface area contributed by atoms with Gasteiger partial charge in [0, 0.05) is 18.2 Å². The number of hydrogen-bond acceptors (Lipinski definition) is 4. The minimum Gasteiger partial charge on any atom is -0.375 e. The third-order valence-corrected chi connectivity index (χ3v) is 1.94. The van der Waals surface area contributed by atoms with Gasteiger partial charge in [-0.2, -0.15) is 0 Å². The lowest BCUT2D eigenvalue weighted by Gasteiger charge is -2.05. The minimum absolute atomic E-state index is 0.0551. The molecule has 0 saturated heterocycles. The lowest BCUT2D eigenvalue weighted by atomic mass is 10.2. The molecule has 1 amide bonds.